The standard InChI is InChI=1S/C36H42N4O8/c1-35(2,3)48-34(45)22-4-6-23(7-5-22)38-14-12-36(13-15-38)21-39(16-17-46-36)24-18-26(19-24)47-25-8-9-27-28(20-25)33(44)40(32(27)43)29-10-11-30(41)37-31(29)42/h4-9,20,24,26,29H,10-19,21H2,1-3H3,(H,37,41,42). The molecular weight excluding hydrogens is 616 g/mol. The van der Waals surface area contributed by atoms with Crippen molar-refractivity contribution in [1.82, 2.24) is 15.1 Å². The van der Waals surface area contributed by atoms with Crippen molar-refractivity contribution in [3.8, 4) is 5.75 Å². The van der Waals surface area contributed by atoms with E-state index >= 15 is 0 Å². The molecule has 3 saturated heterocycles. The van der Waals surface area contributed by atoms with E-state index in [0.29, 0.717) is 24.0 Å². The van der Waals surface area contributed by atoms with E-state index in [1.807, 2.05) is 45.0 Å². The number of nitrogens with one attached hydrogen (secondary N) is 1. The molecule has 0 aromatic heterocycles. The van der Waals surface area contributed by atoms with Gasteiger partial charge in [0.2, 0.25) is 11.8 Å². The SMILES string of the molecule is CC(C)(C)OC(=O)c1ccc(N2CCC3(CC2)CN(C2CC(Oc4ccc5c(c4)C(=O)N(C4CCC(=O)NC4=O)C5=O)C2)CCO3)cc1. The van der Waals surface area contributed by atoms with Gasteiger partial charge >= 0.3 is 5.97 Å². The predicted molar refractivity (Wildman–Crippen MR) is 174 cm³/mol. The number of amides is 4. The van der Waals surface area contributed by atoms with Gasteiger partial charge in [-0.1, -0.05) is 0 Å². The summed E-state index contributed by atoms with van der Waals surface area (Å²) in [6.07, 6.45) is 3.75. The van der Waals surface area contributed by atoms with Crippen molar-refractivity contribution in [3.63, 3.8) is 0 Å². The van der Waals surface area contributed by atoms with Crippen LogP contribution in [0.4, 0.5) is 5.69 Å². The van der Waals surface area contributed by atoms with Crippen LogP contribution < -0.4 is 15.0 Å². The smallest absolute Gasteiger partial charge is 0.338 e. The fourth-order valence-corrected chi connectivity index (χ4v) is 7.45. The highest BCUT2D eigenvalue weighted by Gasteiger charge is 2.46. The van der Waals surface area contributed by atoms with Crippen LogP contribution in [-0.2, 0) is 19.1 Å². The Labute approximate surface area is 279 Å². The molecule has 2 aromatic rings. The zero-order valence-electron chi connectivity index (χ0n) is 27.7. The number of ether oxygens (including phenoxy) is 3. The summed E-state index contributed by atoms with van der Waals surface area (Å²) in [7, 11) is 0. The van der Waals surface area contributed by atoms with E-state index in [2.05, 4.69) is 15.1 Å². The van der Waals surface area contributed by atoms with Crippen LogP contribution in [0.15, 0.2) is 42.5 Å². The lowest BCUT2D eigenvalue weighted by Crippen LogP contribution is -2.61. The molecule has 48 heavy (non-hydrogen) atoms. The quantitative estimate of drug-likeness (QED) is 0.364. The van der Waals surface area contributed by atoms with Crippen molar-refractivity contribution < 1.29 is 38.2 Å². The summed E-state index contributed by atoms with van der Waals surface area (Å²) in [4.78, 5) is 68.4. The van der Waals surface area contributed by atoms with Crippen LogP contribution >= 0.6 is 0 Å². The van der Waals surface area contributed by atoms with Gasteiger partial charge in [-0.25, -0.2) is 4.79 Å². The minimum Gasteiger partial charge on any atom is -0.490 e. The van der Waals surface area contributed by atoms with Crippen LogP contribution in [0, 0.1) is 0 Å². The Hall–Kier alpha value is -4.29. The van der Waals surface area contributed by atoms with E-state index in [0.717, 1.165) is 62.4 Å². The Kier molecular flexibility index (Phi) is 8.27. The highest BCUT2D eigenvalue weighted by atomic mass is 16.6. The number of carbonyl (C=O) groups excluding carboxylic acids is 5. The van der Waals surface area contributed by atoms with Gasteiger partial charge in [0.25, 0.3) is 11.8 Å². The molecule has 0 bridgehead atoms. The Balaban J connectivity index is 0.902. The van der Waals surface area contributed by atoms with E-state index in [-0.39, 0.29) is 41.6 Å². The highest BCUT2D eigenvalue weighted by molar-refractivity contribution is 6.23. The third-order valence-corrected chi connectivity index (χ3v) is 10.1. The topological polar surface area (TPSA) is 135 Å². The van der Waals surface area contributed by atoms with Crippen LogP contribution in [0.5, 0.6) is 5.75 Å². The molecule has 4 aliphatic heterocycles. The molecule has 1 aliphatic carbocycles. The van der Waals surface area contributed by atoms with Gasteiger partial charge in [0, 0.05) is 57.2 Å². The summed E-state index contributed by atoms with van der Waals surface area (Å²) in [6, 6.07) is 11.9. The number of morpholine rings is 1. The molecule has 4 fully saturated rings. The van der Waals surface area contributed by atoms with Gasteiger partial charge in [-0.3, -0.25) is 34.3 Å². The summed E-state index contributed by atoms with van der Waals surface area (Å²) < 4.78 is 18.2. The summed E-state index contributed by atoms with van der Waals surface area (Å²) >= 11 is 0. The first-order valence-corrected chi connectivity index (χ1v) is 16.9. The molecule has 254 valence electrons. The highest BCUT2D eigenvalue weighted by Crippen LogP contribution is 2.38. The molecule has 2 aromatic carbocycles. The van der Waals surface area contributed by atoms with Gasteiger partial charge in [-0.15, -0.1) is 0 Å². The van der Waals surface area contributed by atoms with Crippen molar-refractivity contribution in [1.29, 1.82) is 0 Å². The van der Waals surface area contributed by atoms with Crippen molar-refractivity contribution in [3.05, 3.63) is 59.2 Å². The Morgan fingerprint density at radius 2 is 1.65 bits per heavy atom. The maximum absolute atomic E-state index is 13.2. The van der Waals surface area contributed by atoms with Crippen molar-refractivity contribution in [2.75, 3.05) is 37.7 Å². The minimum absolute atomic E-state index is 0.00390. The molecule has 1 unspecified atom stereocenters. The van der Waals surface area contributed by atoms with Crippen LogP contribution in [0.25, 0.3) is 0 Å². The summed E-state index contributed by atoms with van der Waals surface area (Å²) in [6.45, 7) is 9.77. The molecule has 7 rings (SSSR count). The average molecular weight is 659 g/mol. The molecule has 4 amide bonds. The minimum atomic E-state index is -0.992. The first-order valence-electron chi connectivity index (χ1n) is 16.9. The second kappa shape index (κ2) is 12.3. The number of hydrogen-bond donors (Lipinski definition) is 1. The van der Waals surface area contributed by atoms with Crippen LogP contribution in [-0.4, -0.2) is 102 Å². The zero-order chi connectivity index (χ0) is 33.8. The molecular formula is C36H42N4O8. The van der Waals surface area contributed by atoms with Gasteiger partial charge in [-0.05, 0) is 82.5 Å². The second-order valence-electron chi connectivity index (χ2n) is 14.6. The molecule has 1 N–H and O–H groups in total. The fraction of sp³-hybridized carbons (Fsp3) is 0.528. The summed E-state index contributed by atoms with van der Waals surface area (Å²) in [5.41, 5.74) is 1.39. The third kappa shape index (κ3) is 6.30. The van der Waals surface area contributed by atoms with Crippen LogP contribution in [0.2, 0.25) is 0 Å². The number of anilines is 1. The van der Waals surface area contributed by atoms with E-state index < -0.39 is 35.3 Å². The fourth-order valence-electron chi connectivity index (χ4n) is 7.45. The second-order valence-corrected chi connectivity index (χ2v) is 14.6. The lowest BCUT2D eigenvalue weighted by atomic mass is 9.83. The first-order chi connectivity index (χ1) is 22.9. The first kappa shape index (κ1) is 32.3. The molecule has 1 spiro atoms. The number of nitrogens with zero attached hydrogens (tertiary/aromatic N) is 3. The van der Waals surface area contributed by atoms with Gasteiger partial charge in [-0.2, -0.15) is 0 Å². The van der Waals surface area contributed by atoms with Gasteiger partial charge in [0.15, 0.2) is 0 Å². The van der Waals surface area contributed by atoms with Crippen molar-refractivity contribution >= 4 is 35.3 Å². The summed E-state index contributed by atoms with van der Waals surface area (Å²) in [5, 5.41) is 2.22. The van der Waals surface area contributed by atoms with Crippen LogP contribution in [0.3, 0.4) is 0 Å². The molecule has 5 aliphatic rings. The number of hydrogen-bond acceptors (Lipinski definition) is 10. The number of piperidine rings is 2. The number of rotatable bonds is 6. The normalized spacial score (nSPS) is 25.9. The number of esters is 1. The van der Waals surface area contributed by atoms with Crippen LogP contribution in [0.1, 0.15) is 90.4 Å². The molecule has 12 nitrogen and oxygen atoms in total. The van der Waals surface area contributed by atoms with Gasteiger partial charge < -0.3 is 19.1 Å². The predicted octanol–water partition coefficient (Wildman–Crippen LogP) is 3.32. The zero-order valence-corrected chi connectivity index (χ0v) is 27.7. The molecule has 12 heteroatoms. The number of imide groups is 2. The number of benzene rings is 2. The number of fused-ring (bicyclic) bond motifs is 1. The number of carbonyl (C=O) groups is 5. The molecule has 1 atom stereocenters. The maximum atomic E-state index is 13.2. The van der Waals surface area contributed by atoms with E-state index in [1.54, 1.807) is 18.2 Å². The van der Waals surface area contributed by atoms with E-state index in [1.165, 1.54) is 0 Å². The Bertz CT molecular complexity index is 1640. The Morgan fingerprint density at radius 1 is 0.938 bits per heavy atom. The lowest BCUT2D eigenvalue weighted by molar-refractivity contribution is -0.143. The van der Waals surface area contributed by atoms with Gasteiger partial charge in [0.05, 0.1) is 28.9 Å². The third-order valence-electron chi connectivity index (χ3n) is 10.1. The molecule has 1 saturated carbocycles. The molecule has 0 radical (unpaired) electrons. The average Bonchev–Trinajstić information content (AvgIpc) is 3.27. The van der Waals surface area contributed by atoms with Gasteiger partial charge in [0.1, 0.15) is 23.5 Å². The Morgan fingerprint density at radius 3 is 2.33 bits per heavy atom. The largest absolute Gasteiger partial charge is 0.490 e. The summed E-state index contributed by atoms with van der Waals surface area (Å²) in [5.74, 6) is -1.89. The van der Waals surface area contributed by atoms with Crippen molar-refractivity contribution in [2.45, 2.75) is 88.7 Å². The monoisotopic (exact) mass is 658 g/mol. The van der Waals surface area contributed by atoms with E-state index in [9.17, 15) is 24.0 Å². The molecule has 4 heterocycles. The van der Waals surface area contributed by atoms with E-state index in [4.69, 9.17) is 14.2 Å². The van der Waals surface area contributed by atoms with Crippen molar-refractivity contribution in [2.24, 2.45) is 0 Å². The maximum Gasteiger partial charge on any atom is 0.338 e. The lowest BCUT2D eigenvalue weighted by Gasteiger charge is -2.52.